The maximum Gasteiger partial charge on any atom is 0.264 e. The number of benzene rings is 2. The van der Waals surface area contributed by atoms with E-state index in [9.17, 15) is 4.79 Å². The molecule has 0 radical (unpaired) electrons. The number of aryl methyl sites for hydroxylation is 3. The largest absolute Gasteiger partial charge is 0.365 e. The summed E-state index contributed by atoms with van der Waals surface area (Å²) >= 11 is 1.54. The first-order chi connectivity index (χ1) is 15.4. The second-order valence-corrected chi connectivity index (χ2v) is 9.83. The number of anilines is 1. The van der Waals surface area contributed by atoms with Crippen LogP contribution in [0.15, 0.2) is 54.6 Å². The van der Waals surface area contributed by atoms with Gasteiger partial charge in [0.05, 0.1) is 16.3 Å². The maximum absolute atomic E-state index is 13.4. The first-order valence-corrected chi connectivity index (χ1v) is 11.9. The van der Waals surface area contributed by atoms with Crippen molar-refractivity contribution in [3.05, 3.63) is 76.3 Å². The van der Waals surface area contributed by atoms with Gasteiger partial charge in [-0.05, 0) is 63.6 Å². The Morgan fingerprint density at radius 3 is 2.47 bits per heavy atom. The molecule has 1 aliphatic heterocycles. The Labute approximate surface area is 192 Å². The molecule has 0 spiro atoms. The van der Waals surface area contributed by atoms with Gasteiger partial charge in [-0.2, -0.15) is 5.10 Å². The van der Waals surface area contributed by atoms with Crippen LogP contribution in [0.1, 0.15) is 33.4 Å². The van der Waals surface area contributed by atoms with Crippen LogP contribution >= 0.6 is 11.3 Å². The highest BCUT2D eigenvalue weighted by Gasteiger charge is 2.29. The topological polar surface area (TPSA) is 41.4 Å². The van der Waals surface area contributed by atoms with Gasteiger partial charge in [-0.15, -0.1) is 11.3 Å². The first kappa shape index (κ1) is 20.8. The molecule has 0 bridgehead atoms. The van der Waals surface area contributed by atoms with Crippen LogP contribution in [-0.4, -0.2) is 46.3 Å². The predicted octanol–water partition coefficient (Wildman–Crippen LogP) is 5.36. The van der Waals surface area contributed by atoms with Crippen molar-refractivity contribution in [2.45, 2.75) is 33.7 Å². The molecule has 1 fully saturated rings. The molecule has 2 aromatic carbocycles. The zero-order valence-corrected chi connectivity index (χ0v) is 19.8. The third-order valence-corrected chi connectivity index (χ3v) is 7.38. The molecular formula is C26H28N4OS. The molecule has 5 rings (SSSR count). The van der Waals surface area contributed by atoms with Gasteiger partial charge in [-0.25, -0.2) is 4.68 Å². The minimum Gasteiger partial charge on any atom is -0.365 e. The van der Waals surface area contributed by atoms with Crippen LogP contribution in [0.2, 0.25) is 0 Å². The van der Waals surface area contributed by atoms with Crippen molar-refractivity contribution in [2.24, 2.45) is 0 Å². The van der Waals surface area contributed by atoms with E-state index in [1.165, 1.54) is 16.8 Å². The van der Waals surface area contributed by atoms with Gasteiger partial charge >= 0.3 is 0 Å². The number of piperazine rings is 1. The molecule has 0 N–H and O–H groups in total. The fourth-order valence-corrected chi connectivity index (χ4v) is 5.65. The van der Waals surface area contributed by atoms with Gasteiger partial charge in [0.25, 0.3) is 5.91 Å². The van der Waals surface area contributed by atoms with Crippen LogP contribution in [-0.2, 0) is 0 Å². The Balaban J connectivity index is 1.38. The summed E-state index contributed by atoms with van der Waals surface area (Å²) in [4.78, 5) is 19.6. The van der Waals surface area contributed by atoms with Gasteiger partial charge in [0.2, 0.25) is 0 Å². The number of fused-ring (bicyclic) bond motifs is 1. The smallest absolute Gasteiger partial charge is 0.264 e. The zero-order valence-electron chi connectivity index (χ0n) is 19.0. The maximum atomic E-state index is 13.4. The summed E-state index contributed by atoms with van der Waals surface area (Å²) in [6.45, 7) is 10.7. The van der Waals surface area contributed by atoms with Gasteiger partial charge in [0, 0.05) is 36.7 Å². The Morgan fingerprint density at radius 2 is 1.75 bits per heavy atom. The molecule has 1 aliphatic rings. The number of thiophene rings is 1. The number of hydrogen-bond acceptors (Lipinski definition) is 4. The van der Waals surface area contributed by atoms with Crippen LogP contribution in [0.25, 0.3) is 15.9 Å². The van der Waals surface area contributed by atoms with Crippen LogP contribution in [0.4, 0.5) is 5.69 Å². The molecule has 1 amide bonds. The average molecular weight is 445 g/mol. The third kappa shape index (κ3) is 3.69. The highest BCUT2D eigenvalue weighted by molar-refractivity contribution is 7.20. The van der Waals surface area contributed by atoms with Crippen molar-refractivity contribution in [3.63, 3.8) is 0 Å². The Kier molecular flexibility index (Phi) is 5.25. The second-order valence-electron chi connectivity index (χ2n) is 8.79. The quantitative estimate of drug-likeness (QED) is 0.427. The van der Waals surface area contributed by atoms with E-state index in [1.807, 2.05) is 22.6 Å². The zero-order chi connectivity index (χ0) is 22.4. The number of rotatable bonds is 3. The molecule has 3 heterocycles. The summed E-state index contributed by atoms with van der Waals surface area (Å²) < 4.78 is 1.96. The van der Waals surface area contributed by atoms with Crippen LogP contribution in [0, 0.1) is 20.8 Å². The Morgan fingerprint density at radius 1 is 0.969 bits per heavy atom. The molecule has 0 aliphatic carbocycles. The predicted molar refractivity (Wildman–Crippen MR) is 132 cm³/mol. The number of hydrogen-bond donors (Lipinski definition) is 0. The van der Waals surface area contributed by atoms with Crippen molar-refractivity contribution in [1.82, 2.24) is 14.7 Å². The second kappa shape index (κ2) is 8.10. The lowest BCUT2D eigenvalue weighted by Gasteiger charge is -2.41. The minimum absolute atomic E-state index is 0.122. The third-order valence-electron chi connectivity index (χ3n) is 6.28. The molecule has 1 saturated heterocycles. The van der Waals surface area contributed by atoms with Gasteiger partial charge in [0.15, 0.2) is 0 Å². The molecule has 5 nitrogen and oxygen atoms in total. The molecule has 0 saturated carbocycles. The van der Waals surface area contributed by atoms with Gasteiger partial charge < -0.3 is 9.80 Å². The lowest BCUT2D eigenvalue weighted by atomic mass is 10.1. The van der Waals surface area contributed by atoms with E-state index in [-0.39, 0.29) is 11.9 Å². The van der Waals surface area contributed by atoms with Gasteiger partial charge in [0.1, 0.15) is 4.83 Å². The Hall–Kier alpha value is -3.12. The standard InChI is InChI=1S/C26H28N4OS/c1-17-8-10-21(11-9-17)30-26-23(20(4)27-30)15-24(32-26)25(31)28-12-13-29(19(3)16-28)22-7-5-6-18(2)14-22/h5-11,14-15,19H,12-13,16H2,1-4H3. The van der Waals surface area contributed by atoms with Crippen LogP contribution in [0.3, 0.4) is 0 Å². The molecule has 32 heavy (non-hydrogen) atoms. The fraction of sp³-hybridized carbons (Fsp3) is 0.308. The van der Waals surface area contributed by atoms with E-state index in [4.69, 9.17) is 5.10 Å². The summed E-state index contributed by atoms with van der Waals surface area (Å²) in [7, 11) is 0. The van der Waals surface area contributed by atoms with E-state index in [1.54, 1.807) is 11.3 Å². The number of carbonyl (C=O) groups excluding carboxylic acids is 1. The fourth-order valence-electron chi connectivity index (χ4n) is 4.50. The summed E-state index contributed by atoms with van der Waals surface area (Å²) in [5, 5.41) is 5.78. The monoisotopic (exact) mass is 444 g/mol. The molecule has 1 unspecified atom stereocenters. The van der Waals surface area contributed by atoms with E-state index in [0.29, 0.717) is 0 Å². The molecule has 1 atom stereocenters. The average Bonchev–Trinajstić information content (AvgIpc) is 3.34. The number of aromatic nitrogens is 2. The van der Waals surface area contributed by atoms with Crippen molar-refractivity contribution in [1.29, 1.82) is 0 Å². The minimum atomic E-state index is 0.122. The van der Waals surface area contributed by atoms with Crippen molar-refractivity contribution < 1.29 is 4.79 Å². The summed E-state index contributed by atoms with van der Waals surface area (Å²) in [6.07, 6.45) is 0. The number of nitrogens with zero attached hydrogens (tertiary/aromatic N) is 4. The molecular weight excluding hydrogens is 416 g/mol. The number of carbonyl (C=O) groups is 1. The van der Waals surface area contributed by atoms with E-state index in [0.717, 1.165) is 46.1 Å². The molecule has 6 heteroatoms. The molecule has 164 valence electrons. The lowest BCUT2D eigenvalue weighted by Crippen LogP contribution is -2.53. The summed E-state index contributed by atoms with van der Waals surface area (Å²) in [5.74, 6) is 0.122. The van der Waals surface area contributed by atoms with E-state index in [2.05, 4.69) is 74.2 Å². The van der Waals surface area contributed by atoms with Crippen molar-refractivity contribution in [3.8, 4) is 5.69 Å². The molecule has 2 aromatic heterocycles. The first-order valence-electron chi connectivity index (χ1n) is 11.1. The summed E-state index contributed by atoms with van der Waals surface area (Å²) in [6, 6.07) is 19.2. The van der Waals surface area contributed by atoms with Gasteiger partial charge in [-0.3, -0.25) is 4.79 Å². The summed E-state index contributed by atoms with van der Waals surface area (Å²) in [5.41, 5.74) is 5.69. The SMILES string of the molecule is Cc1ccc(-n2nc(C)c3cc(C(=O)N4CCN(c5cccc(C)c5)C(C)C4)sc32)cc1. The highest BCUT2D eigenvalue weighted by atomic mass is 32.1. The van der Waals surface area contributed by atoms with Gasteiger partial charge in [-0.1, -0.05) is 29.8 Å². The van der Waals surface area contributed by atoms with Crippen LogP contribution < -0.4 is 4.90 Å². The van der Waals surface area contributed by atoms with E-state index < -0.39 is 0 Å². The highest BCUT2D eigenvalue weighted by Crippen LogP contribution is 2.32. The number of amides is 1. The van der Waals surface area contributed by atoms with Crippen molar-refractivity contribution in [2.75, 3.05) is 24.5 Å². The Bertz CT molecular complexity index is 1290. The van der Waals surface area contributed by atoms with Crippen molar-refractivity contribution >= 4 is 33.1 Å². The molecule has 4 aromatic rings. The van der Waals surface area contributed by atoms with E-state index >= 15 is 0 Å². The van der Waals surface area contributed by atoms with Crippen LogP contribution in [0.5, 0.6) is 0 Å². The normalized spacial score (nSPS) is 16.7. The lowest BCUT2D eigenvalue weighted by molar-refractivity contribution is 0.0731.